The van der Waals surface area contributed by atoms with Gasteiger partial charge in [0.05, 0.1) is 18.2 Å². The lowest BCUT2D eigenvalue weighted by molar-refractivity contribution is 0.104. The molecule has 0 aromatic heterocycles. The molecule has 0 saturated carbocycles. The summed E-state index contributed by atoms with van der Waals surface area (Å²) in [6.07, 6.45) is 3.18. The first-order chi connectivity index (χ1) is 9.72. The molecule has 0 aliphatic carbocycles. The van der Waals surface area contributed by atoms with E-state index in [1.165, 1.54) is 6.08 Å². The Labute approximate surface area is 117 Å². The highest BCUT2D eigenvalue weighted by atomic mass is 16.1. The van der Waals surface area contributed by atoms with Crippen LogP contribution in [0.2, 0.25) is 0 Å². The van der Waals surface area contributed by atoms with E-state index in [0.717, 1.165) is 5.56 Å². The molecular weight excluding hydrogens is 248 g/mol. The number of hydrogen-bond acceptors (Lipinski definition) is 2. The van der Waals surface area contributed by atoms with E-state index in [4.69, 9.17) is 11.8 Å². The molecule has 0 radical (unpaired) electrons. The Morgan fingerprint density at radius 1 is 1.10 bits per heavy atom. The molecule has 2 rings (SSSR count). The zero-order valence-electron chi connectivity index (χ0n) is 10.6. The van der Waals surface area contributed by atoms with Gasteiger partial charge in [0, 0.05) is 5.56 Å². The third-order valence-corrected chi connectivity index (χ3v) is 2.75. The molecule has 0 fully saturated rings. The third kappa shape index (κ3) is 3.19. The van der Waals surface area contributed by atoms with E-state index < -0.39 is 0 Å². The smallest absolute Gasteiger partial charge is 0.187 e. The number of nitrogens with zero attached hydrogens (tertiary/aromatic N) is 2. The molecule has 3 nitrogen and oxygen atoms in total. The number of nitriles is 1. The van der Waals surface area contributed by atoms with Crippen LogP contribution in [-0.2, 0) is 0 Å². The second-order valence-electron chi connectivity index (χ2n) is 4.09. The van der Waals surface area contributed by atoms with Crippen molar-refractivity contribution < 1.29 is 4.79 Å². The molecule has 0 bridgehead atoms. The van der Waals surface area contributed by atoms with Gasteiger partial charge in [-0.2, -0.15) is 5.26 Å². The Morgan fingerprint density at radius 2 is 1.75 bits per heavy atom. The van der Waals surface area contributed by atoms with Crippen molar-refractivity contribution in [3.8, 4) is 6.07 Å². The van der Waals surface area contributed by atoms with Crippen molar-refractivity contribution in [2.75, 3.05) is 0 Å². The monoisotopic (exact) mass is 258 g/mol. The van der Waals surface area contributed by atoms with Gasteiger partial charge >= 0.3 is 0 Å². The average molecular weight is 258 g/mol. The molecule has 2 aromatic rings. The number of carbonyl (C=O) groups is 1. The van der Waals surface area contributed by atoms with E-state index in [-0.39, 0.29) is 5.78 Å². The molecule has 2 aromatic carbocycles. The fourth-order valence-corrected chi connectivity index (χ4v) is 1.64. The van der Waals surface area contributed by atoms with Crippen molar-refractivity contribution in [1.29, 1.82) is 5.26 Å². The SMILES string of the molecule is [C-]#[N+]c1ccc(C(=O)C=Cc2ccc(C#N)cc2)cc1. The van der Waals surface area contributed by atoms with Crippen molar-refractivity contribution in [3.63, 3.8) is 0 Å². The Hall–Kier alpha value is -3.17. The van der Waals surface area contributed by atoms with Crippen molar-refractivity contribution in [1.82, 2.24) is 0 Å². The first-order valence-corrected chi connectivity index (χ1v) is 5.93. The Bertz CT molecular complexity index is 727. The average Bonchev–Trinajstić information content (AvgIpc) is 2.53. The summed E-state index contributed by atoms with van der Waals surface area (Å²) in [6, 6.07) is 15.5. The lowest BCUT2D eigenvalue weighted by atomic mass is 10.1. The number of rotatable bonds is 3. The molecule has 0 saturated heterocycles. The summed E-state index contributed by atoms with van der Waals surface area (Å²) < 4.78 is 0. The third-order valence-electron chi connectivity index (χ3n) is 2.75. The zero-order valence-corrected chi connectivity index (χ0v) is 10.6. The molecule has 3 heteroatoms. The van der Waals surface area contributed by atoms with E-state index in [9.17, 15) is 4.79 Å². The Morgan fingerprint density at radius 3 is 2.30 bits per heavy atom. The second-order valence-corrected chi connectivity index (χ2v) is 4.09. The lowest BCUT2D eigenvalue weighted by Crippen LogP contribution is -1.92. The lowest BCUT2D eigenvalue weighted by Gasteiger charge is -1.96. The number of allylic oxidation sites excluding steroid dienone is 1. The van der Waals surface area contributed by atoms with Crippen LogP contribution in [0.5, 0.6) is 0 Å². The minimum absolute atomic E-state index is 0.120. The van der Waals surface area contributed by atoms with Gasteiger partial charge in [0.1, 0.15) is 0 Å². The van der Waals surface area contributed by atoms with Crippen LogP contribution in [0.3, 0.4) is 0 Å². The van der Waals surface area contributed by atoms with Crippen LogP contribution in [-0.4, -0.2) is 5.78 Å². The van der Waals surface area contributed by atoms with Crippen molar-refractivity contribution in [2.24, 2.45) is 0 Å². The summed E-state index contributed by atoms with van der Waals surface area (Å²) in [5.74, 6) is -0.120. The minimum Gasteiger partial charge on any atom is -0.289 e. The van der Waals surface area contributed by atoms with E-state index in [1.807, 2.05) is 6.07 Å². The molecule has 20 heavy (non-hydrogen) atoms. The fourth-order valence-electron chi connectivity index (χ4n) is 1.64. The van der Waals surface area contributed by atoms with E-state index >= 15 is 0 Å². The van der Waals surface area contributed by atoms with E-state index in [0.29, 0.717) is 16.8 Å². The fraction of sp³-hybridized carbons (Fsp3) is 0. The molecule has 0 heterocycles. The molecule has 0 spiro atoms. The molecule has 0 aliphatic heterocycles. The van der Waals surface area contributed by atoms with Gasteiger partial charge in [0.15, 0.2) is 11.5 Å². The van der Waals surface area contributed by atoms with Gasteiger partial charge < -0.3 is 0 Å². The summed E-state index contributed by atoms with van der Waals surface area (Å²) in [5, 5.41) is 8.69. The van der Waals surface area contributed by atoms with Crippen LogP contribution in [0, 0.1) is 17.9 Å². The standard InChI is InChI=1S/C17H10N2O/c1-19-16-9-7-15(8-10-16)17(20)11-6-13-2-4-14(12-18)5-3-13/h2-11H. The van der Waals surface area contributed by atoms with Crippen LogP contribution < -0.4 is 0 Å². The first kappa shape index (κ1) is 13.3. The molecule has 0 aliphatic rings. The van der Waals surface area contributed by atoms with Crippen LogP contribution in [0.25, 0.3) is 10.9 Å². The highest BCUT2D eigenvalue weighted by molar-refractivity contribution is 6.06. The Balaban J connectivity index is 2.11. The quantitative estimate of drug-likeness (QED) is 0.474. The molecule has 94 valence electrons. The van der Waals surface area contributed by atoms with Crippen molar-refractivity contribution >= 4 is 17.5 Å². The highest BCUT2D eigenvalue weighted by Crippen LogP contribution is 2.14. The number of carbonyl (C=O) groups excluding carboxylic acids is 1. The minimum atomic E-state index is -0.120. The topological polar surface area (TPSA) is 45.2 Å². The largest absolute Gasteiger partial charge is 0.289 e. The maximum absolute atomic E-state index is 11.9. The van der Waals surface area contributed by atoms with Gasteiger partial charge in [0.25, 0.3) is 0 Å². The van der Waals surface area contributed by atoms with Gasteiger partial charge in [0.2, 0.25) is 0 Å². The number of hydrogen-bond donors (Lipinski definition) is 0. The summed E-state index contributed by atoms with van der Waals surface area (Å²) in [5.41, 5.74) is 2.50. The van der Waals surface area contributed by atoms with Gasteiger partial charge in [-0.15, -0.1) is 0 Å². The van der Waals surface area contributed by atoms with E-state index in [2.05, 4.69) is 4.85 Å². The predicted molar refractivity (Wildman–Crippen MR) is 77.2 cm³/mol. The zero-order chi connectivity index (χ0) is 14.4. The highest BCUT2D eigenvalue weighted by Gasteiger charge is 2.01. The molecule has 0 N–H and O–H groups in total. The van der Waals surface area contributed by atoms with Gasteiger partial charge in [-0.1, -0.05) is 42.5 Å². The first-order valence-electron chi connectivity index (χ1n) is 5.93. The van der Waals surface area contributed by atoms with Gasteiger partial charge in [-0.3, -0.25) is 4.79 Å². The predicted octanol–water partition coefficient (Wildman–Crippen LogP) is 4.01. The van der Waals surface area contributed by atoms with Crippen LogP contribution in [0.1, 0.15) is 21.5 Å². The van der Waals surface area contributed by atoms with Crippen molar-refractivity contribution in [3.05, 3.63) is 82.7 Å². The van der Waals surface area contributed by atoms with E-state index in [1.54, 1.807) is 54.6 Å². The normalized spacial score (nSPS) is 9.90. The summed E-state index contributed by atoms with van der Waals surface area (Å²) in [4.78, 5) is 15.2. The summed E-state index contributed by atoms with van der Waals surface area (Å²) >= 11 is 0. The van der Waals surface area contributed by atoms with Gasteiger partial charge in [-0.05, 0) is 23.8 Å². The van der Waals surface area contributed by atoms with Crippen LogP contribution in [0.15, 0.2) is 54.6 Å². The maximum Gasteiger partial charge on any atom is 0.187 e. The summed E-state index contributed by atoms with van der Waals surface area (Å²) in [6.45, 7) is 6.85. The van der Waals surface area contributed by atoms with Crippen LogP contribution >= 0.6 is 0 Å². The van der Waals surface area contributed by atoms with Gasteiger partial charge in [-0.25, -0.2) is 4.85 Å². The summed E-state index contributed by atoms with van der Waals surface area (Å²) in [7, 11) is 0. The van der Waals surface area contributed by atoms with Crippen molar-refractivity contribution in [2.45, 2.75) is 0 Å². The Kier molecular flexibility index (Phi) is 4.07. The van der Waals surface area contributed by atoms with Crippen LogP contribution in [0.4, 0.5) is 5.69 Å². The molecule has 0 amide bonds. The maximum atomic E-state index is 11.9. The second kappa shape index (κ2) is 6.13. The molecule has 0 atom stereocenters. The number of ketones is 1. The molecule has 0 unspecified atom stereocenters. The number of benzene rings is 2. The molecular formula is C17H10N2O.